The van der Waals surface area contributed by atoms with E-state index in [0.717, 1.165) is 6.08 Å². The van der Waals surface area contributed by atoms with E-state index in [-0.39, 0.29) is 11.6 Å². The van der Waals surface area contributed by atoms with Crippen LogP contribution in [0.25, 0.3) is 6.08 Å². The molecule has 0 radical (unpaired) electrons. The molecule has 2 rings (SSSR count). The fourth-order valence-electron chi connectivity index (χ4n) is 1.30. The van der Waals surface area contributed by atoms with Crippen molar-refractivity contribution < 1.29 is 19.7 Å². The van der Waals surface area contributed by atoms with Crippen LogP contribution in [0.3, 0.4) is 0 Å². The van der Waals surface area contributed by atoms with E-state index >= 15 is 0 Å². The van der Waals surface area contributed by atoms with Crippen LogP contribution in [0.4, 0.5) is 0 Å². The first kappa shape index (κ1) is 12.6. The first-order valence-electron chi connectivity index (χ1n) is 5.34. The second-order valence-corrected chi connectivity index (χ2v) is 3.53. The molecule has 0 saturated heterocycles. The van der Waals surface area contributed by atoms with Crippen molar-refractivity contribution in [3.63, 3.8) is 0 Å². The number of aliphatic carboxylic acids is 1. The smallest absolute Gasteiger partial charge is 0.371 e. The van der Waals surface area contributed by atoms with Crippen molar-refractivity contribution in [2.24, 2.45) is 0 Å². The van der Waals surface area contributed by atoms with Crippen LogP contribution in [0.2, 0.25) is 0 Å². The number of carboxylic acids is 1. The highest BCUT2D eigenvalue weighted by atomic mass is 16.5. The summed E-state index contributed by atoms with van der Waals surface area (Å²) in [6.45, 7) is 0. The summed E-state index contributed by atoms with van der Waals surface area (Å²) in [5.74, 6) is -1.38. The van der Waals surface area contributed by atoms with Gasteiger partial charge in [0.1, 0.15) is 12.1 Å². The third kappa shape index (κ3) is 3.53. The van der Waals surface area contributed by atoms with Gasteiger partial charge >= 0.3 is 5.97 Å². The van der Waals surface area contributed by atoms with E-state index in [2.05, 4.69) is 9.97 Å². The van der Waals surface area contributed by atoms with Gasteiger partial charge in [0.15, 0.2) is 0 Å². The zero-order valence-electron chi connectivity index (χ0n) is 9.72. The molecule has 6 nitrogen and oxygen atoms in total. The number of hydrogen-bond donors (Lipinski definition) is 2. The highest BCUT2D eigenvalue weighted by Gasteiger charge is 2.05. The molecule has 2 N–H and O–H groups in total. The lowest BCUT2D eigenvalue weighted by atomic mass is 10.3. The second kappa shape index (κ2) is 5.63. The van der Waals surface area contributed by atoms with E-state index in [0.29, 0.717) is 5.75 Å². The molecular formula is C13H10N2O4. The second-order valence-electron chi connectivity index (χ2n) is 3.53. The summed E-state index contributed by atoms with van der Waals surface area (Å²) in [6, 6.07) is 10.4. The van der Waals surface area contributed by atoms with Gasteiger partial charge in [0.05, 0.1) is 5.69 Å². The Labute approximate surface area is 108 Å². The van der Waals surface area contributed by atoms with E-state index in [9.17, 15) is 4.79 Å². The molecule has 0 aliphatic rings. The predicted octanol–water partition coefficient (Wildman–Crippen LogP) is 2.25. The lowest BCUT2D eigenvalue weighted by Gasteiger charge is -2.04. The van der Waals surface area contributed by atoms with Gasteiger partial charge in [0, 0.05) is 12.1 Å². The number of carboxylic acid groups (broad SMARTS) is 1. The van der Waals surface area contributed by atoms with Gasteiger partial charge in [-0.2, -0.15) is 0 Å². The highest BCUT2D eigenvalue weighted by molar-refractivity contribution is 5.88. The fraction of sp³-hybridized carbons (Fsp3) is 0. The predicted molar refractivity (Wildman–Crippen MR) is 66.8 cm³/mol. The van der Waals surface area contributed by atoms with Gasteiger partial charge in [0.2, 0.25) is 11.6 Å². The minimum absolute atomic E-state index is 0.237. The Morgan fingerprint density at radius 3 is 2.58 bits per heavy atom. The summed E-state index contributed by atoms with van der Waals surface area (Å²) in [5.41, 5.74) is 0.237. The number of para-hydroxylation sites is 1. The lowest BCUT2D eigenvalue weighted by molar-refractivity contribution is -0.135. The van der Waals surface area contributed by atoms with Crippen LogP contribution in [0.1, 0.15) is 5.69 Å². The van der Waals surface area contributed by atoms with Crippen LogP contribution < -0.4 is 4.74 Å². The van der Waals surface area contributed by atoms with Crippen molar-refractivity contribution >= 4 is 12.0 Å². The third-order valence-electron chi connectivity index (χ3n) is 2.13. The standard InChI is InChI=1S/C13H10N2O4/c16-11(13(17)18)6-9-7-12(15-8-14-9)19-10-4-2-1-3-5-10/h1-8,16H,(H,17,18)/b11-6-. The van der Waals surface area contributed by atoms with Crippen molar-refractivity contribution in [3.8, 4) is 11.6 Å². The summed E-state index contributed by atoms with van der Waals surface area (Å²) in [4.78, 5) is 18.2. The summed E-state index contributed by atoms with van der Waals surface area (Å²) in [6.07, 6.45) is 2.24. The molecular weight excluding hydrogens is 248 g/mol. The topological polar surface area (TPSA) is 92.5 Å². The molecule has 0 atom stereocenters. The molecule has 0 bridgehead atoms. The molecule has 0 saturated carbocycles. The van der Waals surface area contributed by atoms with Crippen molar-refractivity contribution in [3.05, 3.63) is 54.2 Å². The third-order valence-corrected chi connectivity index (χ3v) is 2.13. The summed E-state index contributed by atoms with van der Waals surface area (Å²) >= 11 is 0. The van der Waals surface area contributed by atoms with Crippen molar-refractivity contribution in [1.82, 2.24) is 9.97 Å². The van der Waals surface area contributed by atoms with Crippen LogP contribution in [-0.4, -0.2) is 26.2 Å². The molecule has 0 spiro atoms. The van der Waals surface area contributed by atoms with Crippen molar-refractivity contribution in [1.29, 1.82) is 0 Å². The van der Waals surface area contributed by atoms with Gasteiger partial charge in [-0.15, -0.1) is 0 Å². The number of aliphatic hydroxyl groups is 1. The SMILES string of the molecule is O=C(O)/C(O)=C/c1cc(Oc2ccccc2)ncn1. The molecule has 1 heterocycles. The Morgan fingerprint density at radius 1 is 1.16 bits per heavy atom. The summed E-state index contributed by atoms with van der Waals surface area (Å²) < 4.78 is 5.45. The molecule has 1 aromatic heterocycles. The maximum absolute atomic E-state index is 10.5. The molecule has 0 aliphatic heterocycles. The quantitative estimate of drug-likeness (QED) is 0.645. The van der Waals surface area contributed by atoms with E-state index in [1.807, 2.05) is 18.2 Å². The molecule has 0 fully saturated rings. The molecule has 6 heteroatoms. The zero-order valence-corrected chi connectivity index (χ0v) is 9.72. The molecule has 0 aliphatic carbocycles. The summed E-state index contributed by atoms with van der Waals surface area (Å²) in [5, 5.41) is 17.7. The Bertz CT molecular complexity index is 611. The monoisotopic (exact) mass is 258 g/mol. The number of nitrogens with zero attached hydrogens (tertiary/aromatic N) is 2. The largest absolute Gasteiger partial charge is 0.502 e. The van der Waals surface area contributed by atoms with Gasteiger partial charge in [0.25, 0.3) is 0 Å². The number of aromatic nitrogens is 2. The average Bonchev–Trinajstić information content (AvgIpc) is 2.40. The lowest BCUT2D eigenvalue weighted by Crippen LogP contribution is -1.99. The minimum atomic E-state index is -1.43. The van der Waals surface area contributed by atoms with E-state index in [1.54, 1.807) is 12.1 Å². The molecule has 2 aromatic rings. The Balaban J connectivity index is 2.20. The van der Waals surface area contributed by atoms with Crippen molar-refractivity contribution in [2.45, 2.75) is 0 Å². The Kier molecular flexibility index (Phi) is 3.72. The first-order chi connectivity index (χ1) is 9.15. The Hall–Kier alpha value is -2.89. The number of hydrogen-bond acceptors (Lipinski definition) is 5. The van der Waals surface area contributed by atoms with E-state index in [4.69, 9.17) is 14.9 Å². The highest BCUT2D eigenvalue weighted by Crippen LogP contribution is 2.19. The number of carbonyl (C=O) groups is 1. The minimum Gasteiger partial charge on any atom is -0.502 e. The molecule has 0 unspecified atom stereocenters. The van der Waals surface area contributed by atoms with Gasteiger partial charge < -0.3 is 14.9 Å². The number of rotatable bonds is 4. The first-order valence-corrected chi connectivity index (χ1v) is 5.34. The molecule has 0 amide bonds. The van der Waals surface area contributed by atoms with Crippen molar-refractivity contribution in [2.75, 3.05) is 0 Å². The van der Waals surface area contributed by atoms with Gasteiger partial charge in [-0.3, -0.25) is 0 Å². The van der Waals surface area contributed by atoms with Crippen LogP contribution in [0, 0.1) is 0 Å². The van der Waals surface area contributed by atoms with E-state index < -0.39 is 11.7 Å². The molecule has 96 valence electrons. The molecule has 19 heavy (non-hydrogen) atoms. The van der Waals surface area contributed by atoms with Crippen LogP contribution in [0.15, 0.2) is 48.5 Å². The summed E-state index contributed by atoms with van der Waals surface area (Å²) in [7, 11) is 0. The zero-order chi connectivity index (χ0) is 13.7. The van der Waals surface area contributed by atoms with Gasteiger partial charge in [-0.1, -0.05) is 18.2 Å². The van der Waals surface area contributed by atoms with Gasteiger partial charge in [-0.25, -0.2) is 14.8 Å². The average molecular weight is 258 g/mol. The maximum atomic E-state index is 10.5. The van der Waals surface area contributed by atoms with Crippen LogP contribution in [-0.2, 0) is 4.79 Å². The van der Waals surface area contributed by atoms with Gasteiger partial charge in [-0.05, 0) is 12.1 Å². The van der Waals surface area contributed by atoms with Crippen LogP contribution >= 0.6 is 0 Å². The van der Waals surface area contributed by atoms with E-state index in [1.165, 1.54) is 12.4 Å². The van der Waals surface area contributed by atoms with Crippen LogP contribution in [0.5, 0.6) is 11.6 Å². The Morgan fingerprint density at radius 2 is 1.89 bits per heavy atom. The number of benzene rings is 1. The maximum Gasteiger partial charge on any atom is 0.371 e. The number of aliphatic hydroxyl groups excluding tert-OH is 1. The molecule has 1 aromatic carbocycles. The normalized spacial score (nSPS) is 11.1. The fourth-order valence-corrected chi connectivity index (χ4v) is 1.30. The number of ether oxygens (including phenoxy) is 1.